The first kappa shape index (κ1) is 10.2. The molecule has 0 saturated carbocycles. The van der Waals surface area contributed by atoms with Crippen molar-refractivity contribution >= 4 is 0 Å². The van der Waals surface area contributed by atoms with Crippen LogP contribution in [0.1, 0.15) is 19.8 Å². The topological polar surface area (TPSA) is 26.0 Å². The lowest BCUT2D eigenvalue weighted by Crippen LogP contribution is -1.98. The summed E-state index contributed by atoms with van der Waals surface area (Å²) in [5, 5.41) is 0. The van der Waals surface area contributed by atoms with Gasteiger partial charge in [0.25, 0.3) is 0 Å². The summed E-state index contributed by atoms with van der Waals surface area (Å²) in [5.41, 5.74) is 6.72. The third-order valence-corrected chi connectivity index (χ3v) is 1.49. The lowest BCUT2D eigenvalue weighted by atomic mass is 10.1. The monoisotopic (exact) mass is 151 g/mol. The van der Waals surface area contributed by atoms with Crippen molar-refractivity contribution < 1.29 is 0 Å². The van der Waals surface area contributed by atoms with Gasteiger partial charge in [-0.3, -0.25) is 0 Å². The first-order chi connectivity index (χ1) is 5.35. The van der Waals surface area contributed by atoms with Gasteiger partial charge in [0.15, 0.2) is 0 Å². The number of hydrogen-bond donors (Lipinski definition) is 1. The van der Waals surface area contributed by atoms with Crippen LogP contribution in [0.4, 0.5) is 0 Å². The lowest BCUT2D eigenvalue weighted by Gasteiger charge is -1.97. The Morgan fingerprint density at radius 1 is 1.55 bits per heavy atom. The molecule has 0 aliphatic carbocycles. The maximum Gasteiger partial charge on any atom is -0.00741 e. The average molecular weight is 151 g/mol. The fourth-order valence-corrected chi connectivity index (χ4v) is 0.822. The van der Waals surface area contributed by atoms with Gasteiger partial charge in [0.2, 0.25) is 0 Å². The van der Waals surface area contributed by atoms with Crippen LogP contribution < -0.4 is 5.73 Å². The average Bonchev–Trinajstić information content (AvgIpc) is 2.05. The Balaban J connectivity index is 3.77. The molecule has 1 heteroatoms. The van der Waals surface area contributed by atoms with Crippen LogP contribution in [0.2, 0.25) is 0 Å². The van der Waals surface area contributed by atoms with Crippen molar-refractivity contribution in [3.63, 3.8) is 0 Å². The predicted octanol–water partition coefficient (Wildman–Crippen LogP) is 2.41. The van der Waals surface area contributed by atoms with Gasteiger partial charge < -0.3 is 5.73 Å². The largest absolute Gasteiger partial charge is 0.330 e. The van der Waals surface area contributed by atoms with E-state index in [1.54, 1.807) is 6.08 Å². The third kappa shape index (κ3) is 5.62. The highest BCUT2D eigenvalue weighted by molar-refractivity contribution is 5.20. The molecule has 0 amide bonds. The standard InChI is InChI=1S/C10H17N/c1-3-5-7-10(4-2)8-6-9-11/h3-5,7H,1,6,8-9,11H2,2H3/b7-5-,10-4+. The summed E-state index contributed by atoms with van der Waals surface area (Å²) in [4.78, 5) is 0. The number of rotatable bonds is 5. The van der Waals surface area contributed by atoms with E-state index < -0.39 is 0 Å². The normalized spacial score (nSPS) is 12.4. The predicted molar refractivity (Wildman–Crippen MR) is 51.4 cm³/mol. The number of hydrogen-bond acceptors (Lipinski definition) is 1. The van der Waals surface area contributed by atoms with Gasteiger partial charge in [0, 0.05) is 0 Å². The van der Waals surface area contributed by atoms with Gasteiger partial charge in [-0.2, -0.15) is 0 Å². The molecule has 0 aromatic rings. The summed E-state index contributed by atoms with van der Waals surface area (Å²) in [7, 11) is 0. The molecule has 2 N–H and O–H groups in total. The molecular formula is C10H17N. The van der Waals surface area contributed by atoms with Gasteiger partial charge >= 0.3 is 0 Å². The zero-order chi connectivity index (χ0) is 8.53. The van der Waals surface area contributed by atoms with Gasteiger partial charge in [-0.15, -0.1) is 0 Å². The molecule has 0 bridgehead atoms. The molecule has 0 aliphatic rings. The summed E-state index contributed by atoms with van der Waals surface area (Å²) in [6, 6.07) is 0. The Morgan fingerprint density at radius 3 is 2.73 bits per heavy atom. The number of allylic oxidation sites excluding steroid dienone is 5. The molecule has 0 saturated heterocycles. The third-order valence-electron chi connectivity index (χ3n) is 1.49. The molecule has 0 rings (SSSR count). The Bertz CT molecular complexity index is 154. The van der Waals surface area contributed by atoms with Crippen LogP contribution in [0.15, 0.2) is 36.5 Å². The second-order valence-electron chi connectivity index (χ2n) is 2.35. The van der Waals surface area contributed by atoms with E-state index in [2.05, 4.69) is 18.7 Å². The molecule has 0 atom stereocenters. The van der Waals surface area contributed by atoms with Gasteiger partial charge in [-0.05, 0) is 26.3 Å². The minimum absolute atomic E-state index is 0.763. The summed E-state index contributed by atoms with van der Waals surface area (Å²) >= 11 is 0. The van der Waals surface area contributed by atoms with Crippen LogP contribution in [0.3, 0.4) is 0 Å². The van der Waals surface area contributed by atoms with E-state index in [-0.39, 0.29) is 0 Å². The van der Waals surface area contributed by atoms with E-state index in [0.717, 1.165) is 19.4 Å². The molecule has 0 aromatic heterocycles. The van der Waals surface area contributed by atoms with Gasteiger partial charge in [0.05, 0.1) is 0 Å². The maximum atomic E-state index is 5.39. The van der Waals surface area contributed by atoms with Crippen LogP contribution in [0.25, 0.3) is 0 Å². The smallest absolute Gasteiger partial charge is 0.00741 e. The van der Waals surface area contributed by atoms with Crippen molar-refractivity contribution in [1.82, 2.24) is 0 Å². The Labute approximate surface area is 69.3 Å². The maximum absolute atomic E-state index is 5.39. The molecule has 0 unspecified atom stereocenters. The van der Waals surface area contributed by atoms with E-state index in [1.165, 1.54) is 5.57 Å². The quantitative estimate of drug-likeness (QED) is 0.600. The fraction of sp³-hybridized carbons (Fsp3) is 0.400. The first-order valence-electron chi connectivity index (χ1n) is 3.99. The van der Waals surface area contributed by atoms with Crippen LogP contribution in [0.5, 0.6) is 0 Å². The second-order valence-corrected chi connectivity index (χ2v) is 2.35. The molecule has 0 heterocycles. The van der Waals surface area contributed by atoms with E-state index in [9.17, 15) is 0 Å². The second kappa shape index (κ2) is 7.29. The Morgan fingerprint density at radius 2 is 2.27 bits per heavy atom. The van der Waals surface area contributed by atoms with Crippen LogP contribution >= 0.6 is 0 Å². The molecule has 0 fully saturated rings. The van der Waals surface area contributed by atoms with E-state index in [4.69, 9.17) is 5.73 Å². The van der Waals surface area contributed by atoms with E-state index >= 15 is 0 Å². The summed E-state index contributed by atoms with van der Waals surface area (Å²) < 4.78 is 0. The SMILES string of the molecule is C=C/C=C\C(=C/C)CCCN. The van der Waals surface area contributed by atoms with Gasteiger partial charge in [-0.25, -0.2) is 0 Å². The highest BCUT2D eigenvalue weighted by Gasteiger charge is 1.88. The van der Waals surface area contributed by atoms with Crippen molar-refractivity contribution in [3.8, 4) is 0 Å². The van der Waals surface area contributed by atoms with Crippen molar-refractivity contribution in [2.45, 2.75) is 19.8 Å². The van der Waals surface area contributed by atoms with Crippen molar-refractivity contribution in [2.75, 3.05) is 6.54 Å². The number of nitrogens with two attached hydrogens (primary N) is 1. The van der Waals surface area contributed by atoms with Gasteiger partial charge in [-0.1, -0.05) is 36.5 Å². The zero-order valence-electron chi connectivity index (χ0n) is 7.22. The summed E-state index contributed by atoms with van der Waals surface area (Å²) in [5.74, 6) is 0. The van der Waals surface area contributed by atoms with E-state index in [0.29, 0.717) is 0 Å². The zero-order valence-corrected chi connectivity index (χ0v) is 7.22. The molecular weight excluding hydrogens is 134 g/mol. The van der Waals surface area contributed by atoms with Gasteiger partial charge in [0.1, 0.15) is 0 Å². The van der Waals surface area contributed by atoms with E-state index in [1.807, 2.05) is 13.0 Å². The Hall–Kier alpha value is -0.820. The summed E-state index contributed by atoms with van der Waals surface area (Å²) in [6.45, 7) is 6.41. The molecule has 0 aliphatic heterocycles. The van der Waals surface area contributed by atoms with Crippen LogP contribution in [0, 0.1) is 0 Å². The van der Waals surface area contributed by atoms with Crippen LogP contribution in [-0.4, -0.2) is 6.54 Å². The highest BCUT2D eigenvalue weighted by atomic mass is 14.5. The molecule has 11 heavy (non-hydrogen) atoms. The molecule has 62 valence electrons. The van der Waals surface area contributed by atoms with Crippen molar-refractivity contribution in [3.05, 3.63) is 36.5 Å². The van der Waals surface area contributed by atoms with Crippen molar-refractivity contribution in [1.29, 1.82) is 0 Å². The first-order valence-corrected chi connectivity index (χ1v) is 3.99. The minimum atomic E-state index is 0.763. The molecule has 0 spiro atoms. The molecule has 0 aromatic carbocycles. The molecule has 1 nitrogen and oxygen atoms in total. The fourth-order valence-electron chi connectivity index (χ4n) is 0.822. The minimum Gasteiger partial charge on any atom is -0.330 e. The summed E-state index contributed by atoms with van der Waals surface area (Å²) in [6.07, 6.45) is 10.0. The Kier molecular flexibility index (Phi) is 6.75. The molecule has 0 radical (unpaired) electrons. The highest BCUT2D eigenvalue weighted by Crippen LogP contribution is 2.05. The lowest BCUT2D eigenvalue weighted by molar-refractivity contribution is 0.834. The van der Waals surface area contributed by atoms with Crippen LogP contribution in [-0.2, 0) is 0 Å². The van der Waals surface area contributed by atoms with Crippen molar-refractivity contribution in [2.24, 2.45) is 5.73 Å².